The number of aliphatic imine (C=N–C) groups is 1. The molecule has 0 aromatic heterocycles. The van der Waals surface area contributed by atoms with E-state index in [1.165, 1.54) is 12.1 Å². The quantitative estimate of drug-likeness (QED) is 0.795. The van der Waals surface area contributed by atoms with E-state index in [0.29, 0.717) is 17.5 Å². The number of likely N-dealkylation sites (N-methyl/N-ethyl adjacent to an activating group) is 1. The molecule has 1 aliphatic heterocycles. The fraction of sp³-hybridized carbons (Fsp3) is 0.300. The Kier molecular flexibility index (Phi) is 2.52. The van der Waals surface area contributed by atoms with Gasteiger partial charge < -0.3 is 10.6 Å². The number of hydrogen-bond donors (Lipinski definition) is 1. The van der Waals surface area contributed by atoms with Crippen LogP contribution in [0.15, 0.2) is 23.2 Å². The van der Waals surface area contributed by atoms with Crippen LogP contribution in [-0.4, -0.2) is 24.5 Å². The molecule has 0 spiro atoms. The van der Waals surface area contributed by atoms with Crippen LogP contribution < -0.4 is 5.73 Å². The molecule has 1 heterocycles. The van der Waals surface area contributed by atoms with Gasteiger partial charge in [-0.25, -0.2) is 4.39 Å². The Morgan fingerprint density at radius 3 is 2.87 bits per heavy atom. The lowest BCUT2D eigenvalue weighted by Gasteiger charge is -2.22. The summed E-state index contributed by atoms with van der Waals surface area (Å²) in [6, 6.07) is 4.38. The minimum absolute atomic E-state index is 0.0121. The maximum atomic E-state index is 12.9. The second kappa shape index (κ2) is 3.70. The van der Waals surface area contributed by atoms with Gasteiger partial charge in [0.25, 0.3) is 0 Å². The predicted octanol–water partition coefficient (Wildman–Crippen LogP) is 1.78. The van der Waals surface area contributed by atoms with E-state index in [1.54, 1.807) is 6.07 Å². The van der Waals surface area contributed by atoms with Gasteiger partial charge in [0.2, 0.25) is 0 Å². The van der Waals surface area contributed by atoms with Crippen molar-refractivity contribution in [3.05, 3.63) is 34.6 Å². The van der Waals surface area contributed by atoms with Crippen molar-refractivity contribution in [1.82, 2.24) is 4.90 Å². The summed E-state index contributed by atoms with van der Waals surface area (Å²) in [6.45, 7) is 0.563. The Bertz CT molecular complexity index is 419. The van der Waals surface area contributed by atoms with Gasteiger partial charge in [-0.1, -0.05) is 17.7 Å². The molecule has 3 nitrogen and oxygen atoms in total. The summed E-state index contributed by atoms with van der Waals surface area (Å²) < 4.78 is 12.9. The van der Waals surface area contributed by atoms with Crippen LogP contribution in [0.1, 0.15) is 11.6 Å². The molecule has 0 bridgehead atoms. The first-order valence-corrected chi connectivity index (χ1v) is 4.95. The maximum absolute atomic E-state index is 12.9. The molecule has 1 atom stereocenters. The molecule has 0 aliphatic carbocycles. The normalized spacial score (nSPS) is 20.6. The molecule has 0 radical (unpaired) electrons. The van der Waals surface area contributed by atoms with E-state index in [0.717, 1.165) is 5.56 Å². The molecular formula is C10H11ClFN3. The molecule has 2 rings (SSSR count). The first kappa shape index (κ1) is 10.2. The van der Waals surface area contributed by atoms with Crippen molar-refractivity contribution in [3.63, 3.8) is 0 Å². The average Bonchev–Trinajstić information content (AvgIpc) is 2.49. The Labute approximate surface area is 92.3 Å². The Morgan fingerprint density at radius 2 is 2.33 bits per heavy atom. The van der Waals surface area contributed by atoms with Crippen molar-refractivity contribution in [3.8, 4) is 0 Å². The number of halogens is 2. The maximum Gasteiger partial charge on any atom is 0.191 e. The van der Waals surface area contributed by atoms with Gasteiger partial charge in [0.15, 0.2) is 5.96 Å². The largest absolute Gasteiger partial charge is 0.370 e. The highest BCUT2D eigenvalue weighted by atomic mass is 35.5. The Hall–Kier alpha value is -1.29. The van der Waals surface area contributed by atoms with Gasteiger partial charge in [-0.2, -0.15) is 0 Å². The van der Waals surface area contributed by atoms with E-state index < -0.39 is 0 Å². The number of guanidine groups is 1. The molecule has 0 fully saturated rings. The molecule has 1 aromatic rings. The van der Waals surface area contributed by atoms with Crippen LogP contribution in [-0.2, 0) is 0 Å². The molecule has 1 aromatic carbocycles. The van der Waals surface area contributed by atoms with Crippen molar-refractivity contribution >= 4 is 17.6 Å². The van der Waals surface area contributed by atoms with E-state index in [-0.39, 0.29) is 11.9 Å². The zero-order valence-electron chi connectivity index (χ0n) is 8.24. The fourth-order valence-corrected chi connectivity index (χ4v) is 1.95. The van der Waals surface area contributed by atoms with Gasteiger partial charge in [-0.15, -0.1) is 0 Å². The third kappa shape index (κ3) is 1.77. The van der Waals surface area contributed by atoms with E-state index >= 15 is 0 Å². The Balaban J connectivity index is 2.32. The van der Waals surface area contributed by atoms with Crippen LogP contribution in [0.4, 0.5) is 4.39 Å². The van der Waals surface area contributed by atoms with E-state index in [2.05, 4.69) is 4.99 Å². The van der Waals surface area contributed by atoms with Gasteiger partial charge in [0, 0.05) is 12.1 Å². The minimum Gasteiger partial charge on any atom is -0.370 e. The van der Waals surface area contributed by atoms with Crippen molar-refractivity contribution < 1.29 is 4.39 Å². The van der Waals surface area contributed by atoms with Crippen LogP contribution >= 0.6 is 11.6 Å². The van der Waals surface area contributed by atoms with Crippen LogP contribution in [0.5, 0.6) is 0 Å². The summed E-state index contributed by atoms with van der Waals surface area (Å²) in [5.41, 5.74) is 6.50. The van der Waals surface area contributed by atoms with E-state index in [1.807, 2.05) is 11.9 Å². The zero-order valence-corrected chi connectivity index (χ0v) is 9.00. The summed E-state index contributed by atoms with van der Waals surface area (Å²) in [4.78, 5) is 5.94. The zero-order chi connectivity index (χ0) is 11.0. The topological polar surface area (TPSA) is 41.6 Å². The van der Waals surface area contributed by atoms with Crippen LogP contribution in [0, 0.1) is 5.82 Å². The molecule has 0 saturated heterocycles. The lowest BCUT2D eigenvalue weighted by atomic mass is 10.1. The van der Waals surface area contributed by atoms with Gasteiger partial charge >= 0.3 is 0 Å². The summed E-state index contributed by atoms with van der Waals surface area (Å²) >= 11 is 5.96. The standard InChI is InChI=1S/C10H11ClFN3/c1-15-9(5-14-10(15)13)7-3-2-6(12)4-8(7)11/h2-4,9H,5H2,1H3,(H2,13,14). The number of rotatable bonds is 1. The van der Waals surface area contributed by atoms with Crippen molar-refractivity contribution in [1.29, 1.82) is 0 Å². The van der Waals surface area contributed by atoms with Crippen LogP contribution in [0.2, 0.25) is 5.02 Å². The molecule has 0 amide bonds. The third-order valence-electron chi connectivity index (χ3n) is 2.58. The highest BCUT2D eigenvalue weighted by Crippen LogP contribution is 2.30. The van der Waals surface area contributed by atoms with Crippen molar-refractivity contribution in [2.24, 2.45) is 10.7 Å². The summed E-state index contributed by atoms with van der Waals surface area (Å²) in [5, 5.41) is 0.414. The molecule has 80 valence electrons. The highest BCUT2D eigenvalue weighted by molar-refractivity contribution is 6.31. The van der Waals surface area contributed by atoms with Crippen LogP contribution in [0.3, 0.4) is 0 Å². The smallest absolute Gasteiger partial charge is 0.191 e. The van der Waals surface area contributed by atoms with E-state index in [9.17, 15) is 4.39 Å². The summed E-state index contributed by atoms with van der Waals surface area (Å²) in [6.07, 6.45) is 0. The molecular weight excluding hydrogens is 217 g/mol. The lowest BCUT2D eigenvalue weighted by molar-refractivity contribution is 0.413. The van der Waals surface area contributed by atoms with Gasteiger partial charge in [0.1, 0.15) is 5.82 Å². The molecule has 2 N–H and O–H groups in total. The van der Waals surface area contributed by atoms with Crippen molar-refractivity contribution in [2.45, 2.75) is 6.04 Å². The van der Waals surface area contributed by atoms with Crippen molar-refractivity contribution in [2.75, 3.05) is 13.6 Å². The second-order valence-corrected chi connectivity index (χ2v) is 3.90. The molecule has 1 aliphatic rings. The molecule has 5 heteroatoms. The number of nitrogens with zero attached hydrogens (tertiary/aromatic N) is 2. The fourth-order valence-electron chi connectivity index (χ4n) is 1.65. The SMILES string of the molecule is CN1C(N)=NCC1c1ccc(F)cc1Cl. The molecule has 15 heavy (non-hydrogen) atoms. The van der Waals surface area contributed by atoms with Crippen LogP contribution in [0.25, 0.3) is 0 Å². The van der Waals surface area contributed by atoms with Gasteiger partial charge in [-0.3, -0.25) is 4.99 Å². The highest BCUT2D eigenvalue weighted by Gasteiger charge is 2.25. The third-order valence-corrected chi connectivity index (χ3v) is 2.90. The van der Waals surface area contributed by atoms with Gasteiger partial charge in [0.05, 0.1) is 12.6 Å². The number of hydrogen-bond acceptors (Lipinski definition) is 3. The van der Waals surface area contributed by atoms with Gasteiger partial charge in [-0.05, 0) is 17.7 Å². The number of benzene rings is 1. The Morgan fingerprint density at radius 1 is 1.60 bits per heavy atom. The minimum atomic E-state index is -0.335. The summed E-state index contributed by atoms with van der Waals surface area (Å²) in [7, 11) is 1.84. The number of nitrogens with two attached hydrogens (primary N) is 1. The average molecular weight is 228 g/mol. The predicted molar refractivity (Wildman–Crippen MR) is 58.4 cm³/mol. The molecule has 0 saturated carbocycles. The first-order valence-electron chi connectivity index (χ1n) is 4.57. The lowest BCUT2D eigenvalue weighted by Crippen LogP contribution is -2.32. The molecule has 1 unspecified atom stereocenters. The monoisotopic (exact) mass is 227 g/mol. The second-order valence-electron chi connectivity index (χ2n) is 3.49. The van der Waals surface area contributed by atoms with E-state index in [4.69, 9.17) is 17.3 Å². The summed E-state index contributed by atoms with van der Waals surface area (Å²) in [5.74, 6) is 0.152. The first-order chi connectivity index (χ1) is 7.09.